The minimum absolute atomic E-state index is 0.0324. The molecule has 1 atom stereocenters. The highest BCUT2D eigenvalue weighted by molar-refractivity contribution is 5.94. The van der Waals surface area contributed by atoms with Crippen LogP contribution in [0.15, 0.2) is 72.8 Å². The third-order valence-electron chi connectivity index (χ3n) is 4.35. The van der Waals surface area contributed by atoms with Gasteiger partial charge in [0.2, 0.25) is 0 Å². The average molecular weight is 393 g/mol. The lowest BCUT2D eigenvalue weighted by atomic mass is 10.1. The summed E-state index contributed by atoms with van der Waals surface area (Å²) in [5.74, 6) is 2.18. The number of carbonyl (C=O) groups is 1. The van der Waals surface area contributed by atoms with E-state index in [1.807, 2.05) is 30.3 Å². The average Bonchev–Trinajstić information content (AvgIpc) is 2.78. The molecule has 3 aromatic rings. The first-order chi connectivity index (χ1) is 14.1. The van der Waals surface area contributed by atoms with Gasteiger partial charge in [-0.05, 0) is 54.6 Å². The van der Waals surface area contributed by atoms with Crippen LogP contribution in [0.2, 0.25) is 0 Å². The lowest BCUT2D eigenvalue weighted by Crippen LogP contribution is -2.28. The van der Waals surface area contributed by atoms with E-state index in [1.165, 1.54) is 7.11 Å². The summed E-state index contributed by atoms with van der Waals surface area (Å²) < 4.78 is 16.2. The van der Waals surface area contributed by atoms with Crippen molar-refractivity contribution in [3.8, 4) is 23.0 Å². The van der Waals surface area contributed by atoms with Crippen LogP contribution in [0, 0.1) is 0 Å². The fourth-order valence-corrected chi connectivity index (χ4v) is 2.80. The fourth-order valence-electron chi connectivity index (χ4n) is 2.80. The number of hydrogen-bond donors (Lipinski definition) is 2. The molecule has 1 unspecified atom stereocenters. The second-order valence-corrected chi connectivity index (χ2v) is 6.27. The van der Waals surface area contributed by atoms with E-state index in [9.17, 15) is 9.90 Å². The Kier molecular flexibility index (Phi) is 6.71. The van der Waals surface area contributed by atoms with Crippen LogP contribution in [0.25, 0.3) is 0 Å². The van der Waals surface area contributed by atoms with Crippen LogP contribution in [0.5, 0.6) is 23.0 Å². The summed E-state index contributed by atoms with van der Waals surface area (Å²) in [6, 6.07) is 21.3. The van der Waals surface area contributed by atoms with Crippen LogP contribution in [-0.4, -0.2) is 31.8 Å². The van der Waals surface area contributed by atoms with Gasteiger partial charge in [0.1, 0.15) is 29.1 Å². The number of hydrogen-bond acceptors (Lipinski definition) is 5. The topological polar surface area (TPSA) is 77.0 Å². The Labute approximate surface area is 169 Å². The number of ether oxygens (including phenoxy) is 3. The van der Waals surface area contributed by atoms with Gasteiger partial charge in [-0.15, -0.1) is 0 Å². The van der Waals surface area contributed by atoms with Gasteiger partial charge < -0.3 is 24.6 Å². The third kappa shape index (κ3) is 5.27. The maximum Gasteiger partial charge on any atom is 0.251 e. The molecule has 0 bridgehead atoms. The highest BCUT2D eigenvalue weighted by Crippen LogP contribution is 2.29. The number of aliphatic hydroxyl groups is 1. The van der Waals surface area contributed by atoms with Crippen LogP contribution in [0.3, 0.4) is 0 Å². The second-order valence-electron chi connectivity index (χ2n) is 6.27. The number of aliphatic hydroxyl groups excluding tert-OH is 1. The normalized spacial score (nSPS) is 11.4. The molecule has 0 heterocycles. The highest BCUT2D eigenvalue weighted by Gasteiger charge is 2.16. The Morgan fingerprint density at radius 1 is 0.897 bits per heavy atom. The van der Waals surface area contributed by atoms with Gasteiger partial charge in [-0.25, -0.2) is 0 Å². The largest absolute Gasteiger partial charge is 0.497 e. The Morgan fingerprint density at radius 2 is 1.55 bits per heavy atom. The summed E-state index contributed by atoms with van der Waals surface area (Å²) in [6.07, 6.45) is -0.940. The number of rotatable bonds is 8. The second kappa shape index (κ2) is 9.61. The molecule has 6 nitrogen and oxygen atoms in total. The van der Waals surface area contributed by atoms with E-state index < -0.39 is 6.10 Å². The van der Waals surface area contributed by atoms with Gasteiger partial charge in [-0.2, -0.15) is 0 Å². The molecular formula is C23H23NO5. The fraction of sp³-hybridized carbons (Fsp3) is 0.174. The van der Waals surface area contributed by atoms with Crippen LogP contribution in [-0.2, 0) is 0 Å². The zero-order valence-corrected chi connectivity index (χ0v) is 16.3. The van der Waals surface area contributed by atoms with Crippen LogP contribution >= 0.6 is 0 Å². The minimum atomic E-state index is -0.940. The zero-order valence-electron chi connectivity index (χ0n) is 16.3. The smallest absolute Gasteiger partial charge is 0.251 e. The summed E-state index contributed by atoms with van der Waals surface area (Å²) in [5.41, 5.74) is 1.01. The van der Waals surface area contributed by atoms with E-state index in [2.05, 4.69) is 5.32 Å². The van der Waals surface area contributed by atoms with Crippen molar-refractivity contribution in [2.24, 2.45) is 0 Å². The molecule has 0 aliphatic rings. The van der Waals surface area contributed by atoms with Crippen molar-refractivity contribution >= 4 is 5.91 Å². The molecule has 3 rings (SSSR count). The molecule has 0 spiro atoms. The first kappa shape index (κ1) is 20.2. The quantitative estimate of drug-likeness (QED) is 0.606. The van der Waals surface area contributed by atoms with Gasteiger partial charge in [-0.3, -0.25) is 4.79 Å². The molecule has 150 valence electrons. The first-order valence-electron chi connectivity index (χ1n) is 9.12. The van der Waals surface area contributed by atoms with Crippen molar-refractivity contribution in [1.29, 1.82) is 0 Å². The molecule has 1 amide bonds. The first-order valence-corrected chi connectivity index (χ1v) is 9.12. The molecule has 29 heavy (non-hydrogen) atoms. The maximum absolute atomic E-state index is 12.4. The molecule has 0 fully saturated rings. The number of benzene rings is 3. The molecule has 0 saturated carbocycles. The molecule has 0 radical (unpaired) electrons. The molecule has 0 aromatic heterocycles. The number of para-hydroxylation sites is 1. The SMILES string of the molecule is COc1ccc(OC)c(C(O)CNC(=O)c2ccc(Oc3ccccc3)cc2)c1. The Morgan fingerprint density at radius 3 is 2.21 bits per heavy atom. The Balaban J connectivity index is 1.60. The van der Waals surface area contributed by atoms with E-state index in [1.54, 1.807) is 49.6 Å². The molecule has 2 N–H and O–H groups in total. The standard InChI is InChI=1S/C23H23NO5/c1-27-19-12-13-22(28-2)20(14-19)21(25)15-24-23(26)16-8-10-18(11-9-16)29-17-6-4-3-5-7-17/h3-14,21,25H,15H2,1-2H3,(H,24,26). The van der Waals surface area contributed by atoms with E-state index >= 15 is 0 Å². The van der Waals surface area contributed by atoms with Gasteiger partial charge in [0, 0.05) is 17.7 Å². The van der Waals surface area contributed by atoms with E-state index in [0.29, 0.717) is 28.4 Å². The van der Waals surface area contributed by atoms with Crippen molar-refractivity contribution in [1.82, 2.24) is 5.32 Å². The number of nitrogens with one attached hydrogen (secondary N) is 1. The Hall–Kier alpha value is -3.51. The predicted octanol–water partition coefficient (Wildman–Crippen LogP) is 3.96. The lowest BCUT2D eigenvalue weighted by molar-refractivity contribution is 0.0914. The number of methoxy groups -OCH3 is 2. The van der Waals surface area contributed by atoms with E-state index in [4.69, 9.17) is 14.2 Å². The molecule has 6 heteroatoms. The van der Waals surface area contributed by atoms with Gasteiger partial charge in [0.25, 0.3) is 5.91 Å². The van der Waals surface area contributed by atoms with Crippen molar-refractivity contribution < 1.29 is 24.1 Å². The van der Waals surface area contributed by atoms with Crippen LogP contribution in [0.1, 0.15) is 22.0 Å². The van der Waals surface area contributed by atoms with Crippen molar-refractivity contribution in [2.75, 3.05) is 20.8 Å². The molecule has 3 aromatic carbocycles. The van der Waals surface area contributed by atoms with Gasteiger partial charge in [-0.1, -0.05) is 18.2 Å². The summed E-state index contributed by atoms with van der Waals surface area (Å²) in [6.45, 7) is 0.0324. The predicted molar refractivity (Wildman–Crippen MR) is 110 cm³/mol. The van der Waals surface area contributed by atoms with E-state index in [0.717, 1.165) is 5.75 Å². The monoisotopic (exact) mass is 393 g/mol. The number of amides is 1. The highest BCUT2D eigenvalue weighted by atomic mass is 16.5. The maximum atomic E-state index is 12.4. The van der Waals surface area contributed by atoms with Crippen molar-refractivity contribution in [2.45, 2.75) is 6.10 Å². The van der Waals surface area contributed by atoms with Crippen LogP contribution < -0.4 is 19.5 Å². The summed E-state index contributed by atoms with van der Waals surface area (Å²) >= 11 is 0. The van der Waals surface area contributed by atoms with Crippen LogP contribution in [0.4, 0.5) is 0 Å². The third-order valence-corrected chi connectivity index (χ3v) is 4.35. The molecular weight excluding hydrogens is 370 g/mol. The molecule has 0 aliphatic carbocycles. The zero-order chi connectivity index (χ0) is 20.6. The lowest BCUT2D eigenvalue weighted by Gasteiger charge is -2.16. The summed E-state index contributed by atoms with van der Waals surface area (Å²) in [4.78, 5) is 12.4. The minimum Gasteiger partial charge on any atom is -0.497 e. The number of carbonyl (C=O) groups excluding carboxylic acids is 1. The van der Waals surface area contributed by atoms with Gasteiger partial charge in [0.05, 0.1) is 14.2 Å². The Bertz CT molecular complexity index is 941. The van der Waals surface area contributed by atoms with Gasteiger partial charge >= 0.3 is 0 Å². The van der Waals surface area contributed by atoms with Gasteiger partial charge in [0.15, 0.2) is 0 Å². The van der Waals surface area contributed by atoms with Crippen molar-refractivity contribution in [3.05, 3.63) is 83.9 Å². The molecule has 0 aliphatic heterocycles. The summed E-state index contributed by atoms with van der Waals surface area (Å²) in [7, 11) is 3.07. The molecule has 0 saturated heterocycles. The van der Waals surface area contributed by atoms with E-state index in [-0.39, 0.29) is 12.5 Å². The summed E-state index contributed by atoms with van der Waals surface area (Å²) in [5, 5.41) is 13.2. The van der Waals surface area contributed by atoms with Crippen molar-refractivity contribution in [3.63, 3.8) is 0 Å².